The maximum absolute atomic E-state index is 13.2. The second-order valence-electron chi connectivity index (χ2n) is 4.79. The average Bonchev–Trinajstić information content (AvgIpc) is 2.42. The van der Waals surface area contributed by atoms with Crippen LogP contribution in [0, 0.1) is 12.7 Å². The van der Waals surface area contributed by atoms with Crippen LogP contribution < -0.4 is 5.73 Å². The minimum atomic E-state index is -0.688. The second-order valence-corrected chi connectivity index (χ2v) is 4.79. The lowest BCUT2D eigenvalue weighted by molar-refractivity contribution is 0.145. The number of rotatable bonds is 4. The molecule has 3 N–H and O–H groups in total. The first-order valence-corrected chi connectivity index (χ1v) is 6.31. The molecule has 2 atom stereocenters. The van der Waals surface area contributed by atoms with E-state index >= 15 is 0 Å². The Kier molecular flexibility index (Phi) is 4.30. The number of aliphatic hydroxyl groups excluding tert-OH is 1. The molecule has 19 heavy (non-hydrogen) atoms. The van der Waals surface area contributed by atoms with Crippen LogP contribution in [-0.2, 0) is 6.42 Å². The highest BCUT2D eigenvalue weighted by atomic mass is 19.1. The van der Waals surface area contributed by atoms with E-state index < -0.39 is 12.1 Å². The summed E-state index contributed by atoms with van der Waals surface area (Å²) in [4.78, 5) is 0. The Morgan fingerprint density at radius 2 is 1.84 bits per heavy atom. The van der Waals surface area contributed by atoms with Crippen LogP contribution in [0.25, 0.3) is 0 Å². The molecule has 0 amide bonds. The number of aliphatic hydroxyl groups is 1. The normalized spacial score (nSPS) is 14.1. The van der Waals surface area contributed by atoms with E-state index in [-0.39, 0.29) is 5.82 Å². The second kappa shape index (κ2) is 5.95. The fraction of sp³-hybridized carbons (Fsp3) is 0.250. The molecule has 100 valence electrons. The van der Waals surface area contributed by atoms with Crippen molar-refractivity contribution in [3.63, 3.8) is 0 Å². The van der Waals surface area contributed by atoms with Gasteiger partial charge in [-0.15, -0.1) is 0 Å². The van der Waals surface area contributed by atoms with Crippen molar-refractivity contribution >= 4 is 0 Å². The molecule has 0 unspecified atom stereocenters. The molecule has 0 aliphatic carbocycles. The quantitative estimate of drug-likeness (QED) is 0.887. The zero-order chi connectivity index (χ0) is 13.8. The highest BCUT2D eigenvalue weighted by molar-refractivity contribution is 5.27. The number of nitrogens with two attached hydrogens (primary N) is 1. The summed E-state index contributed by atoms with van der Waals surface area (Å²) in [6.45, 7) is 1.69. The van der Waals surface area contributed by atoms with Crippen LogP contribution in [0.3, 0.4) is 0 Å². The molecule has 0 saturated carbocycles. The predicted octanol–water partition coefficient (Wildman–Crippen LogP) is 2.74. The van der Waals surface area contributed by atoms with Crippen LogP contribution in [0.1, 0.15) is 22.7 Å². The lowest BCUT2D eigenvalue weighted by Crippen LogP contribution is -2.28. The van der Waals surface area contributed by atoms with Crippen LogP contribution in [0.4, 0.5) is 4.39 Å². The molecular formula is C16H18FNO. The standard InChI is InChI=1S/C16H18FNO/c1-11-9-13(7-8-14(11)17)16(18)15(19)10-12-5-3-2-4-6-12/h2-9,15-16,19H,10,18H2,1H3/t15-,16+/m1/s1. The third-order valence-electron chi connectivity index (χ3n) is 3.27. The average molecular weight is 259 g/mol. The van der Waals surface area contributed by atoms with Gasteiger partial charge in [0.2, 0.25) is 0 Å². The molecule has 0 aliphatic rings. The van der Waals surface area contributed by atoms with Gasteiger partial charge in [-0.25, -0.2) is 4.39 Å². The van der Waals surface area contributed by atoms with E-state index in [1.54, 1.807) is 19.1 Å². The Labute approximate surface area is 112 Å². The molecule has 0 saturated heterocycles. The van der Waals surface area contributed by atoms with Gasteiger partial charge in [-0.2, -0.15) is 0 Å². The minimum Gasteiger partial charge on any atom is -0.391 e. The number of halogens is 1. The van der Waals surface area contributed by atoms with Crippen LogP contribution in [0.5, 0.6) is 0 Å². The highest BCUT2D eigenvalue weighted by Gasteiger charge is 2.17. The van der Waals surface area contributed by atoms with E-state index in [1.165, 1.54) is 6.07 Å². The van der Waals surface area contributed by atoms with E-state index in [0.29, 0.717) is 12.0 Å². The van der Waals surface area contributed by atoms with Gasteiger partial charge in [0, 0.05) is 6.42 Å². The molecule has 0 radical (unpaired) electrons. The summed E-state index contributed by atoms with van der Waals surface area (Å²) in [7, 11) is 0. The van der Waals surface area contributed by atoms with Crippen LogP contribution in [0.2, 0.25) is 0 Å². The first-order chi connectivity index (χ1) is 9.08. The van der Waals surface area contributed by atoms with Gasteiger partial charge in [0.15, 0.2) is 0 Å². The third-order valence-corrected chi connectivity index (χ3v) is 3.27. The summed E-state index contributed by atoms with van der Waals surface area (Å²) in [5, 5.41) is 10.2. The van der Waals surface area contributed by atoms with Gasteiger partial charge in [-0.3, -0.25) is 0 Å². The first kappa shape index (κ1) is 13.7. The lowest BCUT2D eigenvalue weighted by atomic mass is 9.96. The summed E-state index contributed by atoms with van der Waals surface area (Å²) in [5.74, 6) is -0.256. The fourth-order valence-corrected chi connectivity index (χ4v) is 2.08. The summed E-state index contributed by atoms with van der Waals surface area (Å²) >= 11 is 0. The molecule has 0 bridgehead atoms. The zero-order valence-electron chi connectivity index (χ0n) is 10.9. The number of hydrogen-bond acceptors (Lipinski definition) is 2. The van der Waals surface area contributed by atoms with Crippen molar-refractivity contribution < 1.29 is 9.50 Å². The molecule has 0 aromatic heterocycles. The molecule has 2 nitrogen and oxygen atoms in total. The maximum atomic E-state index is 13.2. The minimum absolute atomic E-state index is 0.256. The summed E-state index contributed by atoms with van der Waals surface area (Å²) in [5.41, 5.74) is 8.36. The molecule has 3 heteroatoms. The van der Waals surface area contributed by atoms with Crippen molar-refractivity contribution in [1.29, 1.82) is 0 Å². The fourth-order valence-electron chi connectivity index (χ4n) is 2.08. The number of aryl methyl sites for hydroxylation is 1. The van der Waals surface area contributed by atoms with Gasteiger partial charge in [0.1, 0.15) is 5.82 Å². The molecule has 0 aliphatic heterocycles. The molecule has 0 fully saturated rings. The topological polar surface area (TPSA) is 46.2 Å². The molecule has 2 aromatic carbocycles. The zero-order valence-corrected chi connectivity index (χ0v) is 10.9. The van der Waals surface area contributed by atoms with Crippen LogP contribution in [0.15, 0.2) is 48.5 Å². The van der Waals surface area contributed by atoms with E-state index in [0.717, 1.165) is 11.1 Å². The molecule has 0 spiro atoms. The maximum Gasteiger partial charge on any atom is 0.126 e. The number of benzene rings is 2. The van der Waals surface area contributed by atoms with Crippen molar-refractivity contribution in [2.75, 3.05) is 0 Å². The Hall–Kier alpha value is -1.71. The van der Waals surface area contributed by atoms with Gasteiger partial charge in [0.25, 0.3) is 0 Å². The van der Waals surface area contributed by atoms with Crippen LogP contribution in [-0.4, -0.2) is 11.2 Å². The first-order valence-electron chi connectivity index (χ1n) is 6.31. The monoisotopic (exact) mass is 259 g/mol. The third kappa shape index (κ3) is 3.40. The smallest absolute Gasteiger partial charge is 0.126 e. The van der Waals surface area contributed by atoms with Crippen molar-refractivity contribution in [2.45, 2.75) is 25.5 Å². The van der Waals surface area contributed by atoms with E-state index in [4.69, 9.17) is 5.73 Å². The SMILES string of the molecule is Cc1cc([C@H](N)[C@H](O)Cc2ccccc2)ccc1F. The van der Waals surface area contributed by atoms with E-state index in [2.05, 4.69) is 0 Å². The predicted molar refractivity (Wildman–Crippen MR) is 74.2 cm³/mol. The molecule has 2 aromatic rings. The molecular weight excluding hydrogens is 241 g/mol. The van der Waals surface area contributed by atoms with Crippen molar-refractivity contribution in [3.8, 4) is 0 Å². The van der Waals surface area contributed by atoms with E-state index in [1.807, 2.05) is 30.3 Å². The van der Waals surface area contributed by atoms with Gasteiger partial charge >= 0.3 is 0 Å². The van der Waals surface area contributed by atoms with Gasteiger partial charge in [0.05, 0.1) is 12.1 Å². The largest absolute Gasteiger partial charge is 0.391 e. The Balaban J connectivity index is 2.10. The van der Waals surface area contributed by atoms with Crippen molar-refractivity contribution in [1.82, 2.24) is 0 Å². The Morgan fingerprint density at radius 3 is 2.47 bits per heavy atom. The highest BCUT2D eigenvalue weighted by Crippen LogP contribution is 2.20. The number of hydrogen-bond donors (Lipinski definition) is 2. The summed E-state index contributed by atoms with van der Waals surface area (Å²) in [6, 6.07) is 13.9. The molecule has 2 rings (SSSR count). The van der Waals surface area contributed by atoms with Gasteiger partial charge < -0.3 is 10.8 Å². The lowest BCUT2D eigenvalue weighted by Gasteiger charge is -2.20. The van der Waals surface area contributed by atoms with Crippen molar-refractivity contribution in [3.05, 3.63) is 71.0 Å². The van der Waals surface area contributed by atoms with E-state index in [9.17, 15) is 9.50 Å². The van der Waals surface area contributed by atoms with Crippen LogP contribution >= 0.6 is 0 Å². The van der Waals surface area contributed by atoms with Crippen molar-refractivity contribution in [2.24, 2.45) is 5.73 Å². The Morgan fingerprint density at radius 1 is 1.16 bits per heavy atom. The summed E-state index contributed by atoms with van der Waals surface area (Å²) < 4.78 is 13.2. The Bertz CT molecular complexity index is 542. The molecule has 0 heterocycles. The van der Waals surface area contributed by atoms with Gasteiger partial charge in [-0.1, -0.05) is 42.5 Å². The summed E-state index contributed by atoms with van der Waals surface area (Å²) in [6.07, 6.45) is -0.203. The van der Waals surface area contributed by atoms with Gasteiger partial charge in [-0.05, 0) is 29.7 Å².